The van der Waals surface area contributed by atoms with E-state index < -0.39 is 0 Å². The van der Waals surface area contributed by atoms with Crippen molar-refractivity contribution in [1.29, 1.82) is 0 Å². The summed E-state index contributed by atoms with van der Waals surface area (Å²) in [7, 11) is 2.10. The summed E-state index contributed by atoms with van der Waals surface area (Å²) in [5, 5.41) is 4.10. The van der Waals surface area contributed by atoms with Gasteiger partial charge in [0.15, 0.2) is 0 Å². The number of hydrogen-bond acceptors (Lipinski definition) is 2. The molecule has 3 heteroatoms. The lowest BCUT2D eigenvalue weighted by Gasteiger charge is -2.31. The van der Waals surface area contributed by atoms with Crippen molar-refractivity contribution in [2.24, 2.45) is 0 Å². The molecule has 1 heterocycles. The lowest BCUT2D eigenvalue weighted by atomic mass is 10.1. The highest BCUT2D eigenvalue weighted by molar-refractivity contribution is 6.29. The lowest BCUT2D eigenvalue weighted by molar-refractivity contribution is 0.220. The maximum atomic E-state index is 5.74. The summed E-state index contributed by atoms with van der Waals surface area (Å²) < 4.78 is 0. The molecule has 0 amide bonds. The van der Waals surface area contributed by atoms with Gasteiger partial charge in [0, 0.05) is 24.2 Å². The average molecular weight is 189 g/mol. The van der Waals surface area contributed by atoms with Crippen LogP contribution in [0.25, 0.3) is 0 Å². The molecule has 1 aliphatic rings. The Balaban J connectivity index is 2.29. The third-order valence-electron chi connectivity index (χ3n) is 2.32. The molecule has 12 heavy (non-hydrogen) atoms. The molecule has 1 aliphatic heterocycles. The molecule has 1 rings (SSSR count). The van der Waals surface area contributed by atoms with Gasteiger partial charge < -0.3 is 5.32 Å². The largest absolute Gasteiger partial charge is 0.315 e. The Morgan fingerprint density at radius 3 is 3.00 bits per heavy atom. The van der Waals surface area contributed by atoms with Crippen LogP contribution in [-0.4, -0.2) is 37.6 Å². The van der Waals surface area contributed by atoms with E-state index in [4.69, 9.17) is 11.6 Å². The van der Waals surface area contributed by atoms with Gasteiger partial charge in [0.2, 0.25) is 0 Å². The van der Waals surface area contributed by atoms with Crippen LogP contribution in [0.5, 0.6) is 0 Å². The second-order valence-electron chi connectivity index (χ2n) is 3.43. The van der Waals surface area contributed by atoms with Gasteiger partial charge >= 0.3 is 0 Å². The predicted molar refractivity (Wildman–Crippen MR) is 53.5 cm³/mol. The van der Waals surface area contributed by atoms with Crippen molar-refractivity contribution >= 4 is 11.6 Å². The predicted octanol–water partition coefficient (Wildman–Crippen LogP) is 1.42. The molecule has 0 saturated carbocycles. The average Bonchev–Trinajstić information content (AvgIpc) is 2.05. The molecule has 1 N–H and O–H groups in total. The van der Waals surface area contributed by atoms with Crippen molar-refractivity contribution in [2.45, 2.75) is 18.9 Å². The highest BCUT2D eigenvalue weighted by atomic mass is 35.5. The minimum absolute atomic E-state index is 0.634. The van der Waals surface area contributed by atoms with Crippen LogP contribution in [-0.2, 0) is 0 Å². The normalized spacial score (nSPS) is 24.4. The molecule has 0 radical (unpaired) electrons. The quantitative estimate of drug-likeness (QED) is 0.721. The maximum absolute atomic E-state index is 5.74. The van der Waals surface area contributed by atoms with E-state index in [2.05, 4.69) is 23.8 Å². The Morgan fingerprint density at radius 1 is 1.75 bits per heavy atom. The van der Waals surface area contributed by atoms with Crippen molar-refractivity contribution in [2.75, 3.05) is 26.7 Å². The zero-order valence-electron chi connectivity index (χ0n) is 7.65. The van der Waals surface area contributed by atoms with E-state index in [1.54, 1.807) is 0 Å². The van der Waals surface area contributed by atoms with Gasteiger partial charge in [0.25, 0.3) is 0 Å². The molecule has 1 fully saturated rings. The summed E-state index contributed by atoms with van der Waals surface area (Å²) >= 11 is 5.74. The molecule has 0 bridgehead atoms. The standard InChI is InChI=1S/C9H17ClN2/c1-8(10)7-12(2)9-4-3-5-11-6-9/h9,11H,1,3-7H2,2H3. The minimum Gasteiger partial charge on any atom is -0.315 e. The van der Waals surface area contributed by atoms with E-state index in [9.17, 15) is 0 Å². The van der Waals surface area contributed by atoms with Crippen LogP contribution in [0.15, 0.2) is 11.6 Å². The van der Waals surface area contributed by atoms with E-state index in [0.29, 0.717) is 6.04 Å². The Morgan fingerprint density at radius 2 is 2.50 bits per heavy atom. The summed E-state index contributed by atoms with van der Waals surface area (Å²) in [5.41, 5.74) is 0. The van der Waals surface area contributed by atoms with Gasteiger partial charge in [-0.1, -0.05) is 18.2 Å². The van der Waals surface area contributed by atoms with Crippen LogP contribution in [0.4, 0.5) is 0 Å². The van der Waals surface area contributed by atoms with E-state index in [1.165, 1.54) is 12.8 Å². The van der Waals surface area contributed by atoms with Gasteiger partial charge in [-0.25, -0.2) is 0 Å². The number of hydrogen-bond donors (Lipinski definition) is 1. The number of piperidine rings is 1. The fourth-order valence-electron chi connectivity index (χ4n) is 1.61. The third kappa shape index (κ3) is 3.13. The number of likely N-dealkylation sites (N-methyl/N-ethyl adjacent to an activating group) is 1. The van der Waals surface area contributed by atoms with Crippen LogP contribution in [0.3, 0.4) is 0 Å². The molecule has 0 spiro atoms. The van der Waals surface area contributed by atoms with Crippen LogP contribution in [0.2, 0.25) is 0 Å². The fourth-order valence-corrected chi connectivity index (χ4v) is 1.80. The summed E-state index contributed by atoms with van der Waals surface area (Å²) in [4.78, 5) is 2.27. The smallest absolute Gasteiger partial charge is 0.0336 e. The molecule has 1 atom stereocenters. The first kappa shape index (κ1) is 10.0. The van der Waals surface area contributed by atoms with Crippen LogP contribution >= 0.6 is 11.6 Å². The number of nitrogens with one attached hydrogen (secondary N) is 1. The summed E-state index contributed by atoms with van der Waals surface area (Å²) in [6, 6.07) is 0.634. The summed E-state index contributed by atoms with van der Waals surface area (Å²) in [6.45, 7) is 6.74. The first-order valence-electron chi connectivity index (χ1n) is 4.44. The Kier molecular flexibility index (Phi) is 4.06. The Labute approximate surface area is 79.6 Å². The zero-order valence-corrected chi connectivity index (χ0v) is 8.40. The third-order valence-corrected chi connectivity index (χ3v) is 2.43. The molecule has 70 valence electrons. The van der Waals surface area contributed by atoms with Crippen LogP contribution in [0.1, 0.15) is 12.8 Å². The molecule has 0 aromatic heterocycles. The summed E-state index contributed by atoms with van der Waals surface area (Å²) in [5.74, 6) is 0. The van der Waals surface area contributed by atoms with Gasteiger partial charge in [0.05, 0.1) is 0 Å². The molecule has 0 aromatic carbocycles. The monoisotopic (exact) mass is 188 g/mol. The van der Waals surface area contributed by atoms with Crippen LogP contribution in [0, 0.1) is 0 Å². The molecule has 1 saturated heterocycles. The van der Waals surface area contributed by atoms with Gasteiger partial charge in [-0.15, -0.1) is 0 Å². The Hall–Kier alpha value is -0.0500. The highest BCUT2D eigenvalue weighted by Gasteiger charge is 2.17. The van der Waals surface area contributed by atoms with Crippen molar-refractivity contribution < 1.29 is 0 Å². The van der Waals surface area contributed by atoms with Gasteiger partial charge in [-0.2, -0.15) is 0 Å². The van der Waals surface area contributed by atoms with Crippen LogP contribution < -0.4 is 5.32 Å². The van der Waals surface area contributed by atoms with Gasteiger partial charge in [-0.3, -0.25) is 4.90 Å². The summed E-state index contributed by atoms with van der Waals surface area (Å²) in [6.07, 6.45) is 2.54. The first-order valence-corrected chi connectivity index (χ1v) is 4.82. The molecular weight excluding hydrogens is 172 g/mol. The zero-order chi connectivity index (χ0) is 8.97. The van der Waals surface area contributed by atoms with E-state index >= 15 is 0 Å². The molecule has 2 nitrogen and oxygen atoms in total. The van der Waals surface area contributed by atoms with Crippen molar-refractivity contribution in [3.05, 3.63) is 11.6 Å². The SMILES string of the molecule is C=C(Cl)CN(C)C1CCCNC1. The first-order chi connectivity index (χ1) is 5.70. The Bertz CT molecular complexity index is 153. The highest BCUT2D eigenvalue weighted by Crippen LogP contribution is 2.10. The molecular formula is C9H17ClN2. The van der Waals surface area contributed by atoms with E-state index in [-0.39, 0.29) is 0 Å². The van der Waals surface area contributed by atoms with Gasteiger partial charge in [-0.05, 0) is 26.4 Å². The second kappa shape index (κ2) is 4.85. The molecule has 1 unspecified atom stereocenters. The number of halogens is 1. The minimum atomic E-state index is 0.634. The van der Waals surface area contributed by atoms with Gasteiger partial charge in [0.1, 0.15) is 0 Å². The van der Waals surface area contributed by atoms with Crippen molar-refractivity contribution in [3.63, 3.8) is 0 Å². The van der Waals surface area contributed by atoms with Crippen molar-refractivity contribution in [1.82, 2.24) is 10.2 Å². The number of nitrogens with zero attached hydrogens (tertiary/aromatic N) is 1. The van der Waals surface area contributed by atoms with E-state index in [1.807, 2.05) is 0 Å². The number of rotatable bonds is 3. The van der Waals surface area contributed by atoms with E-state index in [0.717, 1.165) is 24.7 Å². The van der Waals surface area contributed by atoms with Crippen molar-refractivity contribution in [3.8, 4) is 0 Å². The molecule has 0 aliphatic carbocycles. The molecule has 0 aromatic rings. The topological polar surface area (TPSA) is 15.3 Å². The fraction of sp³-hybridized carbons (Fsp3) is 0.778. The lowest BCUT2D eigenvalue weighted by Crippen LogP contribution is -2.44. The maximum Gasteiger partial charge on any atom is 0.0336 e. The second-order valence-corrected chi connectivity index (χ2v) is 3.97.